The van der Waals surface area contributed by atoms with Crippen LogP contribution in [0.15, 0.2) is 24.3 Å². The van der Waals surface area contributed by atoms with Gasteiger partial charge in [0.15, 0.2) is 0 Å². The molecule has 15 heavy (non-hydrogen) atoms. The number of rotatable bonds is 2. The SMILES string of the molecule is CC(C)(C(=O)O)c1snc2ccccc12. The molecule has 0 aliphatic rings. The standard InChI is InChI=1S/C11H11NO2S/c1-11(2,10(13)14)9-7-5-3-4-6-8(7)12-15-9/h3-6H,1-2H3,(H,13,14). The van der Waals surface area contributed by atoms with Crippen molar-refractivity contribution in [2.45, 2.75) is 19.3 Å². The summed E-state index contributed by atoms with van der Waals surface area (Å²) in [7, 11) is 0. The van der Waals surface area contributed by atoms with Crippen LogP contribution in [0.5, 0.6) is 0 Å². The minimum absolute atomic E-state index is 0.811. The minimum atomic E-state index is -0.874. The van der Waals surface area contributed by atoms with Gasteiger partial charge in [-0.25, -0.2) is 0 Å². The van der Waals surface area contributed by atoms with Crippen molar-refractivity contribution in [2.75, 3.05) is 0 Å². The molecule has 1 aromatic heterocycles. The number of carboxylic acid groups (broad SMARTS) is 1. The summed E-state index contributed by atoms with van der Waals surface area (Å²) in [6.45, 7) is 3.41. The van der Waals surface area contributed by atoms with E-state index in [1.165, 1.54) is 11.5 Å². The maximum atomic E-state index is 11.1. The number of aromatic nitrogens is 1. The van der Waals surface area contributed by atoms with Gasteiger partial charge in [-0.05, 0) is 31.4 Å². The third-order valence-corrected chi connectivity index (χ3v) is 3.69. The molecule has 2 rings (SSSR count). The zero-order valence-electron chi connectivity index (χ0n) is 8.52. The fraction of sp³-hybridized carbons (Fsp3) is 0.273. The number of hydrogen-bond donors (Lipinski definition) is 1. The Hall–Kier alpha value is -1.42. The van der Waals surface area contributed by atoms with Gasteiger partial charge in [-0.15, -0.1) is 0 Å². The van der Waals surface area contributed by atoms with Crippen molar-refractivity contribution in [3.05, 3.63) is 29.1 Å². The molecule has 0 saturated carbocycles. The summed E-state index contributed by atoms with van der Waals surface area (Å²) < 4.78 is 4.25. The van der Waals surface area contributed by atoms with Crippen molar-refractivity contribution in [1.82, 2.24) is 4.37 Å². The van der Waals surface area contributed by atoms with Gasteiger partial charge in [0.25, 0.3) is 0 Å². The molecule has 0 fully saturated rings. The Balaban J connectivity index is 2.67. The van der Waals surface area contributed by atoms with E-state index in [0.29, 0.717) is 0 Å². The van der Waals surface area contributed by atoms with E-state index in [1.807, 2.05) is 24.3 Å². The van der Waals surface area contributed by atoms with E-state index >= 15 is 0 Å². The van der Waals surface area contributed by atoms with Crippen LogP contribution < -0.4 is 0 Å². The van der Waals surface area contributed by atoms with Crippen LogP contribution in [0.2, 0.25) is 0 Å². The summed E-state index contributed by atoms with van der Waals surface area (Å²) in [5, 5.41) is 10.1. The molecule has 2 aromatic rings. The lowest BCUT2D eigenvalue weighted by Gasteiger charge is -2.16. The molecule has 0 radical (unpaired) electrons. The van der Waals surface area contributed by atoms with E-state index < -0.39 is 11.4 Å². The van der Waals surface area contributed by atoms with Gasteiger partial charge in [0.2, 0.25) is 0 Å². The first kappa shape index (κ1) is 10.1. The molecule has 0 aliphatic heterocycles. The lowest BCUT2D eigenvalue weighted by atomic mass is 9.90. The molecule has 0 bridgehead atoms. The lowest BCUT2D eigenvalue weighted by molar-refractivity contribution is -0.142. The summed E-state index contributed by atoms with van der Waals surface area (Å²) in [4.78, 5) is 12.0. The Morgan fingerprint density at radius 1 is 1.40 bits per heavy atom. The second-order valence-electron chi connectivity index (χ2n) is 3.96. The van der Waals surface area contributed by atoms with Crippen LogP contribution in [0, 0.1) is 0 Å². The number of hydrogen-bond acceptors (Lipinski definition) is 3. The molecule has 0 amide bonds. The maximum absolute atomic E-state index is 11.1. The normalized spacial score (nSPS) is 11.9. The number of benzene rings is 1. The van der Waals surface area contributed by atoms with Crippen molar-refractivity contribution in [1.29, 1.82) is 0 Å². The topological polar surface area (TPSA) is 50.2 Å². The van der Waals surface area contributed by atoms with Crippen LogP contribution >= 0.6 is 11.5 Å². The molecule has 0 atom stereocenters. The van der Waals surface area contributed by atoms with Crippen LogP contribution in [-0.2, 0) is 10.2 Å². The molecule has 1 N–H and O–H groups in total. The zero-order chi connectivity index (χ0) is 11.1. The Kier molecular flexibility index (Phi) is 2.23. The smallest absolute Gasteiger partial charge is 0.314 e. The van der Waals surface area contributed by atoms with Crippen molar-refractivity contribution in [3.8, 4) is 0 Å². The van der Waals surface area contributed by atoms with Crippen molar-refractivity contribution in [2.24, 2.45) is 0 Å². The zero-order valence-corrected chi connectivity index (χ0v) is 9.34. The predicted molar refractivity (Wildman–Crippen MR) is 60.3 cm³/mol. The van der Waals surface area contributed by atoms with Crippen molar-refractivity contribution in [3.63, 3.8) is 0 Å². The molecule has 0 aliphatic carbocycles. The van der Waals surface area contributed by atoms with Crippen molar-refractivity contribution >= 4 is 28.4 Å². The Bertz CT molecular complexity index is 516. The lowest BCUT2D eigenvalue weighted by Crippen LogP contribution is -2.27. The number of fused-ring (bicyclic) bond motifs is 1. The molecule has 78 valence electrons. The molecule has 3 nitrogen and oxygen atoms in total. The van der Waals surface area contributed by atoms with Gasteiger partial charge in [0.05, 0.1) is 10.9 Å². The van der Waals surface area contributed by atoms with E-state index in [1.54, 1.807) is 13.8 Å². The highest BCUT2D eigenvalue weighted by Gasteiger charge is 2.33. The third-order valence-electron chi connectivity index (χ3n) is 2.49. The first-order valence-electron chi connectivity index (χ1n) is 4.62. The molecule has 0 unspecified atom stereocenters. The van der Waals surface area contributed by atoms with Crippen LogP contribution in [0.4, 0.5) is 0 Å². The van der Waals surface area contributed by atoms with Crippen molar-refractivity contribution < 1.29 is 9.90 Å². The number of nitrogens with zero attached hydrogens (tertiary/aromatic N) is 1. The summed E-state index contributed by atoms with van der Waals surface area (Å²) in [5.74, 6) is -0.822. The van der Waals surface area contributed by atoms with E-state index in [2.05, 4.69) is 4.37 Å². The van der Waals surface area contributed by atoms with Crippen LogP contribution in [0.25, 0.3) is 10.9 Å². The van der Waals surface area contributed by atoms with Crippen LogP contribution in [0.1, 0.15) is 18.7 Å². The highest BCUT2D eigenvalue weighted by Crippen LogP contribution is 2.33. The quantitative estimate of drug-likeness (QED) is 0.848. The summed E-state index contributed by atoms with van der Waals surface area (Å²) in [5.41, 5.74) is -0.00681. The number of carbonyl (C=O) groups is 1. The predicted octanol–water partition coefficient (Wildman–Crippen LogP) is 2.66. The molecular weight excluding hydrogens is 210 g/mol. The van der Waals surface area contributed by atoms with Crippen LogP contribution in [-0.4, -0.2) is 15.4 Å². The molecule has 0 spiro atoms. The van der Waals surface area contributed by atoms with E-state index in [0.717, 1.165) is 15.8 Å². The first-order chi connectivity index (χ1) is 7.03. The number of aliphatic carboxylic acids is 1. The summed E-state index contributed by atoms with van der Waals surface area (Å²) >= 11 is 1.27. The highest BCUT2D eigenvalue weighted by molar-refractivity contribution is 7.07. The van der Waals surface area contributed by atoms with E-state index in [-0.39, 0.29) is 0 Å². The third kappa shape index (κ3) is 1.51. The van der Waals surface area contributed by atoms with Gasteiger partial charge in [-0.3, -0.25) is 4.79 Å². The van der Waals surface area contributed by atoms with Gasteiger partial charge in [0, 0.05) is 10.3 Å². The average Bonchev–Trinajstić information content (AvgIpc) is 2.61. The van der Waals surface area contributed by atoms with E-state index in [4.69, 9.17) is 5.11 Å². The highest BCUT2D eigenvalue weighted by atomic mass is 32.1. The first-order valence-corrected chi connectivity index (χ1v) is 5.39. The van der Waals surface area contributed by atoms with Gasteiger partial charge >= 0.3 is 5.97 Å². The Labute approximate surface area is 91.5 Å². The van der Waals surface area contributed by atoms with Crippen LogP contribution in [0.3, 0.4) is 0 Å². The summed E-state index contributed by atoms with van der Waals surface area (Å²) in [6, 6.07) is 7.61. The van der Waals surface area contributed by atoms with Gasteiger partial charge < -0.3 is 5.11 Å². The average molecular weight is 221 g/mol. The maximum Gasteiger partial charge on any atom is 0.314 e. The molecule has 4 heteroatoms. The summed E-state index contributed by atoms with van der Waals surface area (Å²) in [6.07, 6.45) is 0. The van der Waals surface area contributed by atoms with E-state index in [9.17, 15) is 4.79 Å². The fourth-order valence-corrected chi connectivity index (χ4v) is 2.37. The largest absolute Gasteiger partial charge is 0.481 e. The van der Waals surface area contributed by atoms with Gasteiger partial charge in [-0.1, -0.05) is 18.2 Å². The Morgan fingerprint density at radius 2 is 2.07 bits per heavy atom. The molecule has 1 heterocycles. The second kappa shape index (κ2) is 3.31. The monoisotopic (exact) mass is 221 g/mol. The molecule has 0 saturated heterocycles. The Morgan fingerprint density at radius 3 is 2.73 bits per heavy atom. The minimum Gasteiger partial charge on any atom is -0.481 e. The number of carboxylic acids is 1. The molecular formula is C11H11NO2S. The fourth-order valence-electron chi connectivity index (χ4n) is 1.44. The molecule has 1 aromatic carbocycles. The van der Waals surface area contributed by atoms with Gasteiger partial charge in [0.1, 0.15) is 0 Å². The second-order valence-corrected chi connectivity index (χ2v) is 4.73. The van der Waals surface area contributed by atoms with Gasteiger partial charge in [-0.2, -0.15) is 4.37 Å².